The Hall–Kier alpha value is -3.04. The van der Waals surface area contributed by atoms with E-state index in [0.29, 0.717) is 16.4 Å². The summed E-state index contributed by atoms with van der Waals surface area (Å²) in [5.74, 6) is 0.244. The number of nitrogens with one attached hydrogen (secondary N) is 1. The summed E-state index contributed by atoms with van der Waals surface area (Å²) in [6, 6.07) is 11.6. The molecule has 150 valence electrons. The molecule has 2 aromatic rings. The number of thioether (sulfide) groups is 1. The molecule has 0 spiro atoms. The summed E-state index contributed by atoms with van der Waals surface area (Å²) < 4.78 is 10.8. The normalized spacial score (nSPS) is 15.0. The molecule has 7 nitrogen and oxygen atoms in total. The van der Waals surface area contributed by atoms with Crippen molar-refractivity contribution >= 4 is 51.9 Å². The van der Waals surface area contributed by atoms with Crippen molar-refractivity contribution in [3.05, 3.63) is 52.9 Å². The number of phenols is 1. The van der Waals surface area contributed by atoms with E-state index in [1.807, 2.05) is 0 Å². The van der Waals surface area contributed by atoms with Crippen molar-refractivity contribution < 1.29 is 24.2 Å². The number of rotatable bonds is 6. The number of carbonyl (C=O) groups is 2. The van der Waals surface area contributed by atoms with E-state index in [1.165, 1.54) is 18.1 Å². The molecule has 29 heavy (non-hydrogen) atoms. The SMILES string of the molecule is COc1ccc(C=C2SC(=S)N(CC(=O)Nc3ccccc3O)C2=O)cc1OC. The third kappa shape index (κ3) is 4.69. The summed E-state index contributed by atoms with van der Waals surface area (Å²) in [4.78, 5) is 26.6. The molecule has 1 fully saturated rings. The van der Waals surface area contributed by atoms with Gasteiger partial charge in [0.25, 0.3) is 5.91 Å². The monoisotopic (exact) mass is 430 g/mol. The number of amides is 2. The van der Waals surface area contributed by atoms with Crippen LogP contribution in [0.15, 0.2) is 47.4 Å². The summed E-state index contributed by atoms with van der Waals surface area (Å²) >= 11 is 6.38. The van der Waals surface area contributed by atoms with Gasteiger partial charge >= 0.3 is 0 Å². The average Bonchev–Trinajstić information content (AvgIpc) is 2.97. The van der Waals surface area contributed by atoms with E-state index in [1.54, 1.807) is 49.6 Å². The number of methoxy groups -OCH3 is 2. The van der Waals surface area contributed by atoms with Crippen LogP contribution in [0, 0.1) is 0 Å². The molecule has 2 amide bonds. The van der Waals surface area contributed by atoms with Crippen molar-refractivity contribution in [2.75, 3.05) is 26.1 Å². The quantitative estimate of drug-likeness (QED) is 0.413. The Kier molecular flexibility index (Phi) is 6.40. The molecule has 0 aliphatic carbocycles. The maximum absolute atomic E-state index is 12.7. The first-order valence-corrected chi connectivity index (χ1v) is 9.70. The molecule has 0 atom stereocenters. The van der Waals surface area contributed by atoms with Crippen molar-refractivity contribution in [1.82, 2.24) is 4.90 Å². The van der Waals surface area contributed by atoms with Crippen LogP contribution in [-0.2, 0) is 9.59 Å². The van der Waals surface area contributed by atoms with Crippen molar-refractivity contribution in [3.63, 3.8) is 0 Å². The van der Waals surface area contributed by atoms with Gasteiger partial charge in [0.15, 0.2) is 11.5 Å². The third-order valence-electron chi connectivity index (χ3n) is 4.06. The molecular formula is C20H18N2O5S2. The minimum atomic E-state index is -0.463. The van der Waals surface area contributed by atoms with Crippen LogP contribution >= 0.6 is 24.0 Å². The molecular weight excluding hydrogens is 412 g/mol. The zero-order valence-electron chi connectivity index (χ0n) is 15.7. The maximum atomic E-state index is 12.7. The molecule has 0 aromatic heterocycles. The van der Waals surface area contributed by atoms with Gasteiger partial charge in [0, 0.05) is 0 Å². The highest BCUT2D eigenvalue weighted by Crippen LogP contribution is 2.34. The lowest BCUT2D eigenvalue weighted by Crippen LogP contribution is -2.36. The van der Waals surface area contributed by atoms with Gasteiger partial charge in [0.2, 0.25) is 5.91 Å². The minimum Gasteiger partial charge on any atom is -0.506 e. The highest BCUT2D eigenvalue weighted by molar-refractivity contribution is 8.26. The Bertz CT molecular complexity index is 1010. The second kappa shape index (κ2) is 8.97. The molecule has 0 bridgehead atoms. The predicted octanol–water partition coefficient (Wildman–Crippen LogP) is 3.25. The molecule has 1 saturated heterocycles. The number of nitrogens with zero attached hydrogens (tertiary/aromatic N) is 1. The standard InChI is InChI=1S/C20H18N2O5S2/c1-26-15-8-7-12(9-16(15)27-2)10-17-19(25)22(20(28)29-17)11-18(24)21-13-5-3-4-6-14(13)23/h3-10,23H,11H2,1-2H3,(H,21,24). The summed E-state index contributed by atoms with van der Waals surface area (Å²) in [5, 5.41) is 12.3. The van der Waals surface area contributed by atoms with Gasteiger partial charge < -0.3 is 19.9 Å². The lowest BCUT2D eigenvalue weighted by molar-refractivity contribution is -0.126. The van der Waals surface area contributed by atoms with E-state index >= 15 is 0 Å². The number of para-hydroxylation sites is 2. The number of hydrogen-bond acceptors (Lipinski definition) is 7. The van der Waals surface area contributed by atoms with E-state index in [0.717, 1.165) is 17.3 Å². The molecule has 1 heterocycles. The molecule has 2 N–H and O–H groups in total. The first-order valence-electron chi connectivity index (χ1n) is 8.48. The highest BCUT2D eigenvalue weighted by atomic mass is 32.2. The number of phenolic OH excluding ortho intramolecular Hbond substituents is 1. The van der Waals surface area contributed by atoms with Gasteiger partial charge in [-0.3, -0.25) is 14.5 Å². The topological polar surface area (TPSA) is 88.1 Å². The molecule has 2 aromatic carbocycles. The number of ether oxygens (including phenoxy) is 2. The van der Waals surface area contributed by atoms with Crippen molar-refractivity contribution in [2.24, 2.45) is 0 Å². The van der Waals surface area contributed by atoms with Crippen LogP contribution in [-0.4, -0.2) is 46.9 Å². The summed E-state index contributed by atoms with van der Waals surface area (Å²) in [5.41, 5.74) is 1.01. The van der Waals surface area contributed by atoms with E-state index in [-0.39, 0.29) is 28.2 Å². The largest absolute Gasteiger partial charge is 0.506 e. The number of benzene rings is 2. The Morgan fingerprint density at radius 1 is 1.21 bits per heavy atom. The molecule has 0 saturated carbocycles. The first kappa shape index (κ1) is 20.7. The van der Waals surface area contributed by atoms with Gasteiger partial charge in [0.05, 0.1) is 24.8 Å². The Balaban J connectivity index is 1.73. The molecule has 3 rings (SSSR count). The maximum Gasteiger partial charge on any atom is 0.266 e. The Labute approximate surface area is 177 Å². The van der Waals surface area contributed by atoms with Crippen LogP contribution in [0.3, 0.4) is 0 Å². The van der Waals surface area contributed by atoms with Gasteiger partial charge in [-0.1, -0.05) is 42.2 Å². The number of anilines is 1. The second-order valence-electron chi connectivity index (χ2n) is 5.95. The second-order valence-corrected chi connectivity index (χ2v) is 7.62. The fraction of sp³-hybridized carbons (Fsp3) is 0.150. The highest BCUT2D eigenvalue weighted by Gasteiger charge is 2.33. The van der Waals surface area contributed by atoms with Gasteiger partial charge in [0.1, 0.15) is 16.6 Å². The van der Waals surface area contributed by atoms with Crippen molar-refractivity contribution in [1.29, 1.82) is 0 Å². The minimum absolute atomic E-state index is 0.0559. The first-order chi connectivity index (χ1) is 13.9. The van der Waals surface area contributed by atoms with Crippen molar-refractivity contribution in [3.8, 4) is 17.2 Å². The Morgan fingerprint density at radius 2 is 1.93 bits per heavy atom. The van der Waals surface area contributed by atoms with E-state index in [2.05, 4.69) is 5.32 Å². The molecule has 1 aliphatic heterocycles. The molecule has 1 aliphatic rings. The fourth-order valence-corrected chi connectivity index (χ4v) is 3.90. The molecule has 0 radical (unpaired) electrons. The zero-order chi connectivity index (χ0) is 21.0. The number of carbonyl (C=O) groups excluding carboxylic acids is 2. The summed E-state index contributed by atoms with van der Waals surface area (Å²) in [6.45, 7) is -0.248. The summed E-state index contributed by atoms with van der Waals surface area (Å²) in [7, 11) is 3.08. The lowest BCUT2D eigenvalue weighted by atomic mass is 10.2. The van der Waals surface area contributed by atoms with Crippen LogP contribution in [0.25, 0.3) is 6.08 Å². The number of hydrogen-bond donors (Lipinski definition) is 2. The van der Waals surface area contributed by atoms with Crippen LogP contribution in [0.1, 0.15) is 5.56 Å². The predicted molar refractivity (Wildman–Crippen MR) is 116 cm³/mol. The van der Waals surface area contributed by atoms with Gasteiger partial charge in [-0.15, -0.1) is 0 Å². The van der Waals surface area contributed by atoms with Gasteiger partial charge in [-0.05, 0) is 35.9 Å². The average molecular weight is 431 g/mol. The zero-order valence-corrected chi connectivity index (χ0v) is 17.3. The summed E-state index contributed by atoms with van der Waals surface area (Å²) in [6.07, 6.45) is 1.68. The lowest BCUT2D eigenvalue weighted by Gasteiger charge is -2.14. The fourth-order valence-electron chi connectivity index (χ4n) is 2.64. The number of aromatic hydroxyl groups is 1. The van der Waals surface area contributed by atoms with Gasteiger partial charge in [-0.2, -0.15) is 0 Å². The van der Waals surface area contributed by atoms with E-state index in [4.69, 9.17) is 21.7 Å². The molecule has 0 unspecified atom stereocenters. The number of thiocarbonyl (C=S) groups is 1. The van der Waals surface area contributed by atoms with E-state index in [9.17, 15) is 14.7 Å². The van der Waals surface area contributed by atoms with Crippen LogP contribution < -0.4 is 14.8 Å². The van der Waals surface area contributed by atoms with Crippen LogP contribution in [0.5, 0.6) is 17.2 Å². The third-order valence-corrected chi connectivity index (χ3v) is 5.44. The van der Waals surface area contributed by atoms with Crippen molar-refractivity contribution in [2.45, 2.75) is 0 Å². The smallest absolute Gasteiger partial charge is 0.266 e. The van der Waals surface area contributed by atoms with E-state index < -0.39 is 5.91 Å². The van der Waals surface area contributed by atoms with Gasteiger partial charge in [-0.25, -0.2) is 0 Å². The Morgan fingerprint density at radius 3 is 2.62 bits per heavy atom. The van der Waals surface area contributed by atoms with Crippen LogP contribution in [0.4, 0.5) is 5.69 Å². The molecule has 9 heteroatoms. The van der Waals surface area contributed by atoms with Crippen LogP contribution in [0.2, 0.25) is 0 Å².